The lowest BCUT2D eigenvalue weighted by molar-refractivity contribution is -0.139. The highest BCUT2D eigenvalue weighted by molar-refractivity contribution is 9.10. The van der Waals surface area contributed by atoms with Gasteiger partial charge in [0.25, 0.3) is 5.91 Å². The first kappa shape index (κ1) is 27.4. The van der Waals surface area contributed by atoms with Crippen LogP contribution in [0.5, 0.6) is 11.5 Å². The molecule has 1 atom stereocenters. The number of carbonyl (C=O) groups excluding carboxylic acids is 3. The third-order valence-electron chi connectivity index (χ3n) is 4.89. The van der Waals surface area contributed by atoms with E-state index in [2.05, 4.69) is 37.1 Å². The van der Waals surface area contributed by atoms with Crippen LogP contribution in [0.15, 0.2) is 46.0 Å². The number of ether oxygens (including phenoxy) is 3. The Morgan fingerprint density at radius 2 is 2.06 bits per heavy atom. The fourth-order valence-corrected chi connectivity index (χ4v) is 4.04. The summed E-state index contributed by atoms with van der Waals surface area (Å²) in [4.78, 5) is 36.1. The van der Waals surface area contributed by atoms with Gasteiger partial charge in [0, 0.05) is 23.9 Å². The molecule has 2 aromatic rings. The second-order valence-corrected chi connectivity index (χ2v) is 8.95. The molecule has 0 aliphatic carbocycles. The SMILES string of the molecule is CCOc1cc(/C=N\NC(=O)C(=O)NC[C@H]2CCCO2)cc(Br)c1OCC(=O)Nc1cccc(Cl)c1. The maximum absolute atomic E-state index is 12.3. The number of benzene rings is 2. The van der Waals surface area contributed by atoms with Crippen molar-refractivity contribution < 1.29 is 28.6 Å². The van der Waals surface area contributed by atoms with Crippen LogP contribution in [-0.2, 0) is 19.1 Å². The van der Waals surface area contributed by atoms with Gasteiger partial charge in [-0.05, 0) is 71.6 Å². The van der Waals surface area contributed by atoms with Gasteiger partial charge in [0.2, 0.25) is 0 Å². The lowest BCUT2D eigenvalue weighted by atomic mass is 10.2. The van der Waals surface area contributed by atoms with Gasteiger partial charge in [0.05, 0.1) is 23.4 Å². The number of carbonyl (C=O) groups is 3. The quantitative estimate of drug-likeness (QED) is 0.225. The standard InChI is InChI=1S/C24H26BrClN4O6/c1-2-34-20-10-15(12-28-30-24(33)23(32)27-13-18-7-4-8-35-18)9-19(25)22(20)36-14-21(31)29-17-6-3-5-16(26)11-17/h3,5-6,9-12,18H,2,4,7-8,13-14H2,1H3,(H,27,32)(H,29,31)(H,30,33)/b28-12-/t18-/m1/s1. The van der Waals surface area contributed by atoms with Crippen LogP contribution in [0.25, 0.3) is 0 Å². The monoisotopic (exact) mass is 580 g/mol. The van der Waals surface area contributed by atoms with Crippen LogP contribution in [0.1, 0.15) is 25.3 Å². The minimum atomic E-state index is -0.890. The molecule has 3 amide bonds. The van der Waals surface area contributed by atoms with Crippen molar-refractivity contribution >= 4 is 57.2 Å². The van der Waals surface area contributed by atoms with Crippen LogP contribution in [-0.4, -0.2) is 56.4 Å². The Balaban J connectivity index is 1.56. The molecule has 0 radical (unpaired) electrons. The van der Waals surface area contributed by atoms with Gasteiger partial charge in [-0.25, -0.2) is 5.43 Å². The molecule has 2 aromatic carbocycles. The molecule has 0 unspecified atom stereocenters. The van der Waals surface area contributed by atoms with Gasteiger partial charge in [-0.15, -0.1) is 0 Å². The maximum atomic E-state index is 12.3. The summed E-state index contributed by atoms with van der Waals surface area (Å²) in [6.07, 6.45) is 3.08. The first-order valence-electron chi connectivity index (χ1n) is 11.2. The van der Waals surface area contributed by atoms with Gasteiger partial charge in [-0.1, -0.05) is 17.7 Å². The molecule has 1 fully saturated rings. The van der Waals surface area contributed by atoms with Crippen molar-refractivity contribution in [2.24, 2.45) is 5.10 Å². The Morgan fingerprint density at radius 3 is 2.78 bits per heavy atom. The van der Waals surface area contributed by atoms with Gasteiger partial charge in [0.1, 0.15) is 0 Å². The summed E-state index contributed by atoms with van der Waals surface area (Å²) in [5.74, 6) is -1.37. The molecular weight excluding hydrogens is 556 g/mol. The topological polar surface area (TPSA) is 127 Å². The number of hydrogen-bond acceptors (Lipinski definition) is 7. The van der Waals surface area contributed by atoms with E-state index in [0.29, 0.717) is 45.5 Å². The molecule has 3 rings (SSSR count). The van der Waals surface area contributed by atoms with Crippen molar-refractivity contribution in [3.63, 3.8) is 0 Å². The molecular formula is C24H26BrClN4O6. The van der Waals surface area contributed by atoms with E-state index in [1.54, 1.807) is 43.3 Å². The van der Waals surface area contributed by atoms with E-state index in [4.69, 9.17) is 25.8 Å². The van der Waals surface area contributed by atoms with Crippen LogP contribution >= 0.6 is 27.5 Å². The Morgan fingerprint density at radius 1 is 1.22 bits per heavy atom. The number of amides is 3. The van der Waals surface area contributed by atoms with Crippen LogP contribution in [0.4, 0.5) is 5.69 Å². The normalized spacial score (nSPS) is 14.9. The largest absolute Gasteiger partial charge is 0.490 e. The predicted molar refractivity (Wildman–Crippen MR) is 139 cm³/mol. The summed E-state index contributed by atoms with van der Waals surface area (Å²) >= 11 is 9.35. The lowest BCUT2D eigenvalue weighted by Gasteiger charge is -2.14. The molecule has 0 saturated carbocycles. The summed E-state index contributed by atoms with van der Waals surface area (Å²) in [5.41, 5.74) is 3.29. The Kier molecular flexibility index (Phi) is 10.5. The highest BCUT2D eigenvalue weighted by Gasteiger charge is 2.19. The Bertz CT molecular complexity index is 1120. The van der Waals surface area contributed by atoms with Gasteiger partial charge < -0.3 is 24.8 Å². The number of rotatable bonds is 10. The number of hydrogen-bond donors (Lipinski definition) is 3. The molecule has 0 bridgehead atoms. The first-order valence-corrected chi connectivity index (χ1v) is 12.4. The van der Waals surface area contributed by atoms with E-state index in [0.717, 1.165) is 12.8 Å². The van der Waals surface area contributed by atoms with E-state index in [9.17, 15) is 14.4 Å². The fourth-order valence-electron chi connectivity index (χ4n) is 3.27. The molecule has 0 aromatic heterocycles. The Hall–Kier alpha value is -3.15. The summed E-state index contributed by atoms with van der Waals surface area (Å²) in [5, 5.41) is 9.56. The zero-order valence-corrected chi connectivity index (χ0v) is 21.9. The average molecular weight is 582 g/mol. The molecule has 0 spiro atoms. The minimum Gasteiger partial charge on any atom is -0.490 e. The van der Waals surface area contributed by atoms with E-state index in [-0.39, 0.29) is 25.2 Å². The molecule has 1 aliphatic rings. The lowest BCUT2D eigenvalue weighted by Crippen LogP contribution is -2.41. The molecule has 10 nitrogen and oxygen atoms in total. The van der Waals surface area contributed by atoms with Crippen molar-refractivity contribution in [1.82, 2.24) is 10.7 Å². The highest BCUT2D eigenvalue weighted by Crippen LogP contribution is 2.36. The van der Waals surface area contributed by atoms with Gasteiger partial charge in [-0.3, -0.25) is 14.4 Å². The van der Waals surface area contributed by atoms with E-state index < -0.39 is 11.8 Å². The van der Waals surface area contributed by atoms with Crippen LogP contribution in [0.3, 0.4) is 0 Å². The molecule has 12 heteroatoms. The maximum Gasteiger partial charge on any atom is 0.329 e. The molecule has 3 N–H and O–H groups in total. The van der Waals surface area contributed by atoms with Crippen LogP contribution in [0.2, 0.25) is 5.02 Å². The number of halogens is 2. The smallest absolute Gasteiger partial charge is 0.329 e. The number of nitrogens with zero attached hydrogens (tertiary/aromatic N) is 1. The number of hydrazone groups is 1. The summed E-state index contributed by atoms with van der Waals surface area (Å²) in [6, 6.07) is 10.1. The first-order chi connectivity index (χ1) is 17.4. The van der Waals surface area contributed by atoms with Crippen LogP contribution in [0, 0.1) is 0 Å². The average Bonchev–Trinajstić information content (AvgIpc) is 3.36. The minimum absolute atomic E-state index is 0.0665. The Labute approximate surface area is 221 Å². The second-order valence-electron chi connectivity index (χ2n) is 7.65. The molecule has 1 heterocycles. The molecule has 1 saturated heterocycles. The third kappa shape index (κ3) is 8.51. The summed E-state index contributed by atoms with van der Waals surface area (Å²) in [6.45, 7) is 2.82. The molecule has 192 valence electrons. The third-order valence-corrected chi connectivity index (χ3v) is 5.71. The van der Waals surface area contributed by atoms with Crippen molar-refractivity contribution in [2.45, 2.75) is 25.9 Å². The zero-order chi connectivity index (χ0) is 25.9. The van der Waals surface area contributed by atoms with Crippen molar-refractivity contribution in [3.05, 3.63) is 51.5 Å². The van der Waals surface area contributed by atoms with Gasteiger partial charge >= 0.3 is 11.8 Å². The zero-order valence-electron chi connectivity index (χ0n) is 19.5. The predicted octanol–water partition coefficient (Wildman–Crippen LogP) is 3.26. The second kappa shape index (κ2) is 13.8. The van der Waals surface area contributed by atoms with Gasteiger partial charge in [-0.2, -0.15) is 5.10 Å². The van der Waals surface area contributed by atoms with Crippen molar-refractivity contribution in [1.29, 1.82) is 0 Å². The highest BCUT2D eigenvalue weighted by atomic mass is 79.9. The fraction of sp³-hybridized carbons (Fsp3) is 0.333. The summed E-state index contributed by atoms with van der Waals surface area (Å²) in [7, 11) is 0. The van der Waals surface area contributed by atoms with E-state index >= 15 is 0 Å². The van der Waals surface area contributed by atoms with Crippen LogP contribution < -0.4 is 25.5 Å². The number of anilines is 1. The van der Waals surface area contributed by atoms with Crippen molar-refractivity contribution in [3.8, 4) is 11.5 Å². The molecule has 1 aliphatic heterocycles. The van der Waals surface area contributed by atoms with Crippen molar-refractivity contribution in [2.75, 3.05) is 31.7 Å². The van der Waals surface area contributed by atoms with Gasteiger partial charge in [0.15, 0.2) is 18.1 Å². The van der Waals surface area contributed by atoms with E-state index in [1.165, 1.54) is 6.21 Å². The molecule has 36 heavy (non-hydrogen) atoms. The summed E-state index contributed by atoms with van der Waals surface area (Å²) < 4.78 is 17.2. The van der Waals surface area contributed by atoms with E-state index in [1.807, 2.05) is 0 Å². The number of nitrogens with one attached hydrogen (secondary N) is 3.